The van der Waals surface area contributed by atoms with Gasteiger partial charge in [0.2, 0.25) is 0 Å². The summed E-state index contributed by atoms with van der Waals surface area (Å²) in [7, 11) is 1.88. The molecule has 0 aliphatic heterocycles. The lowest BCUT2D eigenvalue weighted by molar-refractivity contribution is 0.768. The van der Waals surface area contributed by atoms with E-state index in [1.807, 2.05) is 13.1 Å². The summed E-state index contributed by atoms with van der Waals surface area (Å²) in [6, 6.07) is 8.39. The minimum atomic E-state index is 0.536. The van der Waals surface area contributed by atoms with Crippen LogP contribution in [-0.2, 0) is 7.05 Å². The molecular formula is C12H15N3. The summed E-state index contributed by atoms with van der Waals surface area (Å²) in [6.45, 7) is 4.37. The van der Waals surface area contributed by atoms with Crippen molar-refractivity contribution in [3.05, 3.63) is 36.2 Å². The fraction of sp³-hybridized carbons (Fsp3) is 0.333. The molecule has 0 bridgehead atoms. The van der Waals surface area contributed by atoms with Gasteiger partial charge >= 0.3 is 0 Å². The topological polar surface area (TPSA) is 30.7 Å². The molecule has 0 spiro atoms. The van der Waals surface area contributed by atoms with Gasteiger partial charge in [0, 0.05) is 12.6 Å². The smallest absolute Gasteiger partial charge is 0.181 e. The Morgan fingerprint density at radius 2 is 2.07 bits per heavy atom. The highest BCUT2D eigenvalue weighted by atomic mass is 15.3. The highest BCUT2D eigenvalue weighted by Gasteiger charge is 2.05. The summed E-state index contributed by atoms with van der Waals surface area (Å²) >= 11 is 0. The van der Waals surface area contributed by atoms with Gasteiger partial charge in [-0.2, -0.15) is 5.10 Å². The predicted octanol–water partition coefficient (Wildman–Crippen LogP) is 2.61. The van der Waals surface area contributed by atoms with Crippen LogP contribution in [0.3, 0.4) is 0 Å². The lowest BCUT2D eigenvalue weighted by atomic mass is 10.0. The van der Waals surface area contributed by atoms with Gasteiger partial charge in [-0.05, 0) is 17.5 Å². The van der Waals surface area contributed by atoms with Crippen molar-refractivity contribution in [2.24, 2.45) is 7.05 Å². The number of aryl methyl sites for hydroxylation is 1. The maximum atomic E-state index is 4.29. The minimum absolute atomic E-state index is 0.536. The molecule has 3 heteroatoms. The molecule has 0 aliphatic rings. The number of hydrogen-bond donors (Lipinski definition) is 0. The second kappa shape index (κ2) is 3.85. The number of benzene rings is 1. The number of rotatable bonds is 2. The van der Waals surface area contributed by atoms with E-state index in [4.69, 9.17) is 0 Å². The average molecular weight is 201 g/mol. The second-order valence-electron chi connectivity index (χ2n) is 4.02. The molecule has 2 rings (SSSR count). The molecule has 3 nitrogen and oxygen atoms in total. The molecule has 0 unspecified atom stereocenters. The van der Waals surface area contributed by atoms with Gasteiger partial charge in [0.25, 0.3) is 0 Å². The zero-order valence-corrected chi connectivity index (χ0v) is 9.31. The van der Waals surface area contributed by atoms with E-state index in [0.717, 1.165) is 11.4 Å². The van der Waals surface area contributed by atoms with Gasteiger partial charge in [0.1, 0.15) is 6.33 Å². The summed E-state index contributed by atoms with van der Waals surface area (Å²) in [4.78, 5) is 4.24. The molecule has 1 aromatic carbocycles. The number of nitrogens with zero attached hydrogens (tertiary/aromatic N) is 3. The number of aromatic nitrogens is 3. The highest BCUT2D eigenvalue weighted by Crippen LogP contribution is 2.20. The van der Waals surface area contributed by atoms with Crippen LogP contribution in [0.15, 0.2) is 30.6 Å². The van der Waals surface area contributed by atoms with Crippen LogP contribution in [0.4, 0.5) is 0 Å². The Morgan fingerprint density at radius 3 is 2.67 bits per heavy atom. The van der Waals surface area contributed by atoms with Gasteiger partial charge in [0.15, 0.2) is 5.82 Å². The van der Waals surface area contributed by atoms with E-state index in [-0.39, 0.29) is 0 Å². The van der Waals surface area contributed by atoms with Crippen molar-refractivity contribution in [3.63, 3.8) is 0 Å². The van der Waals surface area contributed by atoms with Crippen molar-refractivity contribution in [2.45, 2.75) is 19.8 Å². The minimum Gasteiger partial charge on any atom is -0.255 e. The lowest BCUT2D eigenvalue weighted by Crippen LogP contribution is -1.90. The third kappa shape index (κ3) is 2.06. The third-order valence-corrected chi connectivity index (χ3v) is 2.41. The Labute approximate surface area is 89.8 Å². The van der Waals surface area contributed by atoms with Gasteiger partial charge in [0.05, 0.1) is 0 Å². The lowest BCUT2D eigenvalue weighted by Gasteiger charge is -2.05. The fourth-order valence-corrected chi connectivity index (χ4v) is 1.51. The van der Waals surface area contributed by atoms with E-state index < -0.39 is 0 Å². The summed E-state index contributed by atoms with van der Waals surface area (Å²) in [5, 5.41) is 4.29. The van der Waals surface area contributed by atoms with E-state index in [9.17, 15) is 0 Å². The quantitative estimate of drug-likeness (QED) is 0.747. The monoisotopic (exact) mass is 201 g/mol. The molecule has 2 aromatic rings. The number of hydrogen-bond acceptors (Lipinski definition) is 2. The summed E-state index contributed by atoms with van der Waals surface area (Å²) < 4.78 is 1.72. The zero-order chi connectivity index (χ0) is 10.8. The van der Waals surface area contributed by atoms with E-state index in [0.29, 0.717) is 5.92 Å². The van der Waals surface area contributed by atoms with Crippen molar-refractivity contribution in [3.8, 4) is 11.4 Å². The van der Waals surface area contributed by atoms with Gasteiger partial charge < -0.3 is 0 Å². The molecule has 78 valence electrons. The first-order chi connectivity index (χ1) is 7.16. The zero-order valence-electron chi connectivity index (χ0n) is 9.31. The van der Waals surface area contributed by atoms with Crippen molar-refractivity contribution >= 4 is 0 Å². The van der Waals surface area contributed by atoms with E-state index in [2.05, 4.69) is 42.1 Å². The second-order valence-corrected chi connectivity index (χ2v) is 4.02. The molecule has 0 saturated heterocycles. The first kappa shape index (κ1) is 9.90. The van der Waals surface area contributed by atoms with Crippen LogP contribution in [-0.4, -0.2) is 14.8 Å². The van der Waals surface area contributed by atoms with Gasteiger partial charge in [-0.1, -0.05) is 32.0 Å². The molecule has 0 radical (unpaired) electrons. The maximum Gasteiger partial charge on any atom is 0.181 e. The molecule has 0 amide bonds. The van der Waals surface area contributed by atoms with Crippen LogP contribution in [0.2, 0.25) is 0 Å². The Balaban J connectivity index is 2.41. The molecule has 0 N–H and O–H groups in total. The van der Waals surface area contributed by atoms with Crippen molar-refractivity contribution in [2.75, 3.05) is 0 Å². The molecule has 0 atom stereocenters. The van der Waals surface area contributed by atoms with Crippen LogP contribution in [0.5, 0.6) is 0 Å². The van der Waals surface area contributed by atoms with E-state index in [1.54, 1.807) is 11.0 Å². The van der Waals surface area contributed by atoms with Crippen LogP contribution < -0.4 is 0 Å². The van der Waals surface area contributed by atoms with Crippen molar-refractivity contribution < 1.29 is 0 Å². The first-order valence-electron chi connectivity index (χ1n) is 5.13. The van der Waals surface area contributed by atoms with Gasteiger partial charge in [-0.25, -0.2) is 4.98 Å². The van der Waals surface area contributed by atoms with Gasteiger partial charge in [-0.3, -0.25) is 4.68 Å². The van der Waals surface area contributed by atoms with Crippen molar-refractivity contribution in [1.82, 2.24) is 14.8 Å². The van der Waals surface area contributed by atoms with Crippen LogP contribution >= 0.6 is 0 Å². The summed E-state index contributed by atoms with van der Waals surface area (Å²) in [5.74, 6) is 1.33. The van der Waals surface area contributed by atoms with E-state index >= 15 is 0 Å². The van der Waals surface area contributed by atoms with Crippen molar-refractivity contribution in [1.29, 1.82) is 0 Å². The predicted molar refractivity (Wildman–Crippen MR) is 60.5 cm³/mol. The maximum absolute atomic E-state index is 4.29. The summed E-state index contributed by atoms with van der Waals surface area (Å²) in [6.07, 6.45) is 1.72. The van der Waals surface area contributed by atoms with Crippen LogP contribution in [0.25, 0.3) is 11.4 Å². The Bertz CT molecular complexity index is 457. The standard InChI is InChI=1S/C12H15N3/c1-9(2)10-5-4-6-11(7-10)12-13-8-15(3)14-12/h4-9H,1-3H3. The molecule has 0 fully saturated rings. The normalized spacial score (nSPS) is 10.9. The first-order valence-corrected chi connectivity index (χ1v) is 5.13. The van der Waals surface area contributed by atoms with Crippen LogP contribution in [0.1, 0.15) is 25.3 Å². The van der Waals surface area contributed by atoms with Crippen LogP contribution in [0, 0.1) is 0 Å². The van der Waals surface area contributed by atoms with Gasteiger partial charge in [-0.15, -0.1) is 0 Å². The molecule has 15 heavy (non-hydrogen) atoms. The largest absolute Gasteiger partial charge is 0.255 e. The Kier molecular flexibility index (Phi) is 2.54. The SMILES string of the molecule is CC(C)c1cccc(-c2ncn(C)n2)c1. The fourth-order valence-electron chi connectivity index (χ4n) is 1.51. The highest BCUT2D eigenvalue weighted by molar-refractivity contribution is 5.55. The average Bonchev–Trinajstić information content (AvgIpc) is 2.65. The van der Waals surface area contributed by atoms with E-state index in [1.165, 1.54) is 5.56 Å². The molecule has 1 heterocycles. The molecular weight excluding hydrogens is 186 g/mol. The molecule has 0 aliphatic carbocycles. The Morgan fingerprint density at radius 1 is 1.27 bits per heavy atom. The Hall–Kier alpha value is -1.64. The molecule has 0 saturated carbocycles. The molecule has 1 aromatic heterocycles. The third-order valence-electron chi connectivity index (χ3n) is 2.41. The summed E-state index contributed by atoms with van der Waals surface area (Å²) in [5.41, 5.74) is 2.40.